The summed E-state index contributed by atoms with van der Waals surface area (Å²) in [5.41, 5.74) is 0.387. The monoisotopic (exact) mass is 341 g/mol. The number of hydrogen-bond acceptors (Lipinski definition) is 3. The molecule has 3 rings (SSSR count). The molecule has 0 saturated carbocycles. The molecule has 0 heterocycles. The van der Waals surface area contributed by atoms with Crippen molar-refractivity contribution in [2.75, 3.05) is 5.32 Å². The van der Waals surface area contributed by atoms with Crippen LogP contribution in [0.1, 0.15) is 20.7 Å². The van der Waals surface area contributed by atoms with E-state index in [1.54, 1.807) is 6.07 Å². The molecule has 3 aromatic carbocycles. The Hall–Kier alpha value is -3.05. The molecule has 0 saturated heterocycles. The van der Waals surface area contributed by atoms with Crippen LogP contribution in [0.3, 0.4) is 0 Å². The molecule has 6 heteroatoms. The first-order valence-corrected chi connectivity index (χ1v) is 7.39. The van der Waals surface area contributed by atoms with Crippen LogP contribution in [-0.2, 0) is 0 Å². The fourth-order valence-corrected chi connectivity index (χ4v) is 2.58. The van der Waals surface area contributed by atoms with Crippen molar-refractivity contribution in [3.05, 3.63) is 70.7 Å². The summed E-state index contributed by atoms with van der Waals surface area (Å²) in [5.74, 6) is -1.80. The Morgan fingerprint density at radius 2 is 1.62 bits per heavy atom. The number of nitrogens with one attached hydrogen (secondary N) is 1. The van der Waals surface area contributed by atoms with Gasteiger partial charge in [-0.2, -0.15) is 0 Å². The average Bonchev–Trinajstić information content (AvgIpc) is 2.55. The molecule has 0 aliphatic rings. The number of anilines is 1. The predicted molar refractivity (Wildman–Crippen MR) is 92.0 cm³/mol. The van der Waals surface area contributed by atoms with E-state index < -0.39 is 11.9 Å². The average molecular weight is 342 g/mol. The Balaban J connectivity index is 1.93. The molecule has 0 bridgehead atoms. The van der Waals surface area contributed by atoms with Gasteiger partial charge in [0.2, 0.25) is 0 Å². The summed E-state index contributed by atoms with van der Waals surface area (Å²) in [4.78, 5) is 23.3. The van der Waals surface area contributed by atoms with Crippen LogP contribution in [0.5, 0.6) is 5.75 Å². The van der Waals surface area contributed by atoms with Crippen molar-refractivity contribution in [3.63, 3.8) is 0 Å². The zero-order valence-corrected chi connectivity index (χ0v) is 13.0. The normalized spacial score (nSPS) is 10.5. The maximum atomic E-state index is 12.4. The minimum Gasteiger partial charge on any atom is -0.507 e. The van der Waals surface area contributed by atoms with E-state index in [9.17, 15) is 14.7 Å². The van der Waals surface area contributed by atoms with Gasteiger partial charge in [0.15, 0.2) is 0 Å². The fourth-order valence-electron chi connectivity index (χ4n) is 2.35. The van der Waals surface area contributed by atoms with Crippen molar-refractivity contribution in [2.24, 2.45) is 0 Å². The number of phenols is 1. The Kier molecular flexibility index (Phi) is 4.10. The Bertz CT molecular complexity index is 968. The number of phenolic OH excluding ortho intramolecular Hbond substituents is 1. The van der Waals surface area contributed by atoms with E-state index in [2.05, 4.69) is 5.32 Å². The molecule has 3 N–H and O–H groups in total. The highest BCUT2D eigenvalue weighted by Gasteiger charge is 2.15. The first-order chi connectivity index (χ1) is 11.5. The van der Waals surface area contributed by atoms with Gasteiger partial charge in [-0.3, -0.25) is 4.79 Å². The summed E-state index contributed by atoms with van der Waals surface area (Å²) in [5, 5.41) is 23.3. The van der Waals surface area contributed by atoms with Crippen molar-refractivity contribution in [3.8, 4) is 5.75 Å². The van der Waals surface area contributed by atoms with Crippen LogP contribution in [0.25, 0.3) is 10.8 Å². The number of aromatic hydroxyl groups is 1. The fraction of sp³-hybridized carbons (Fsp3) is 0. The second-order valence-corrected chi connectivity index (χ2v) is 5.58. The third-order valence-corrected chi connectivity index (χ3v) is 3.89. The van der Waals surface area contributed by atoms with E-state index in [0.29, 0.717) is 0 Å². The number of carboxylic acids is 1. The van der Waals surface area contributed by atoms with Crippen LogP contribution in [0, 0.1) is 0 Å². The van der Waals surface area contributed by atoms with Crippen LogP contribution < -0.4 is 5.32 Å². The van der Waals surface area contributed by atoms with E-state index in [1.165, 1.54) is 24.3 Å². The number of amides is 1. The molecule has 24 heavy (non-hydrogen) atoms. The van der Waals surface area contributed by atoms with Crippen LogP contribution in [0.2, 0.25) is 5.02 Å². The van der Waals surface area contributed by atoms with Gasteiger partial charge < -0.3 is 15.5 Å². The first-order valence-electron chi connectivity index (χ1n) is 7.01. The Morgan fingerprint density at radius 1 is 0.958 bits per heavy atom. The summed E-state index contributed by atoms with van der Waals surface area (Å²) in [6.07, 6.45) is 0. The van der Waals surface area contributed by atoms with Crippen LogP contribution in [-0.4, -0.2) is 22.1 Å². The van der Waals surface area contributed by atoms with Gasteiger partial charge in [-0.15, -0.1) is 0 Å². The molecule has 5 nitrogen and oxygen atoms in total. The van der Waals surface area contributed by atoms with Crippen molar-refractivity contribution < 1.29 is 19.8 Å². The number of carboxylic acid groups (broad SMARTS) is 1. The highest BCUT2D eigenvalue weighted by Crippen LogP contribution is 2.28. The summed E-state index contributed by atoms with van der Waals surface area (Å²) in [6.45, 7) is 0. The lowest BCUT2D eigenvalue weighted by atomic mass is 10.1. The minimum absolute atomic E-state index is 0.0200. The zero-order chi connectivity index (χ0) is 17.3. The predicted octanol–water partition coefficient (Wildman–Crippen LogP) is 4.15. The number of rotatable bonds is 3. The SMILES string of the molecule is O=C(O)c1ccc(NC(=O)c2cc3ccccc3cc2O)c(Cl)c1. The van der Waals surface area contributed by atoms with Gasteiger partial charge in [-0.05, 0) is 41.1 Å². The van der Waals surface area contributed by atoms with Crippen LogP contribution >= 0.6 is 11.6 Å². The third-order valence-electron chi connectivity index (χ3n) is 3.57. The molecule has 0 radical (unpaired) electrons. The number of carbonyl (C=O) groups is 2. The summed E-state index contributed by atoms with van der Waals surface area (Å²) in [6, 6.07) is 14.4. The van der Waals surface area contributed by atoms with Crippen molar-refractivity contribution >= 4 is 39.9 Å². The van der Waals surface area contributed by atoms with E-state index in [-0.39, 0.29) is 27.6 Å². The molecular weight excluding hydrogens is 330 g/mol. The first kappa shape index (κ1) is 15.8. The lowest BCUT2D eigenvalue weighted by Crippen LogP contribution is -2.12. The molecule has 0 aliphatic carbocycles. The van der Waals surface area contributed by atoms with E-state index >= 15 is 0 Å². The van der Waals surface area contributed by atoms with E-state index in [0.717, 1.165) is 10.8 Å². The largest absolute Gasteiger partial charge is 0.507 e. The molecule has 120 valence electrons. The standard InChI is InChI=1S/C18H12ClNO4/c19-14-8-12(18(23)24)5-6-15(14)20-17(22)13-7-10-3-1-2-4-11(10)9-16(13)21/h1-9,21H,(H,20,22)(H,23,24). The summed E-state index contributed by atoms with van der Waals surface area (Å²) >= 11 is 6.00. The maximum absolute atomic E-state index is 12.4. The lowest BCUT2D eigenvalue weighted by Gasteiger charge is -2.10. The quantitative estimate of drug-likeness (QED) is 0.668. The van der Waals surface area contributed by atoms with Crippen LogP contribution in [0.4, 0.5) is 5.69 Å². The Morgan fingerprint density at radius 3 is 2.25 bits per heavy atom. The number of halogens is 1. The lowest BCUT2D eigenvalue weighted by molar-refractivity contribution is 0.0696. The van der Waals surface area contributed by atoms with Gasteiger partial charge in [0.25, 0.3) is 5.91 Å². The molecule has 3 aromatic rings. The zero-order valence-electron chi connectivity index (χ0n) is 12.3. The number of fused-ring (bicyclic) bond motifs is 1. The molecule has 0 aromatic heterocycles. The van der Waals surface area contributed by atoms with Crippen molar-refractivity contribution in [1.82, 2.24) is 0 Å². The van der Waals surface area contributed by atoms with E-state index in [1.807, 2.05) is 24.3 Å². The molecular formula is C18H12ClNO4. The van der Waals surface area contributed by atoms with Crippen molar-refractivity contribution in [1.29, 1.82) is 0 Å². The van der Waals surface area contributed by atoms with Gasteiger partial charge in [-0.1, -0.05) is 35.9 Å². The summed E-state index contributed by atoms with van der Waals surface area (Å²) in [7, 11) is 0. The number of carbonyl (C=O) groups excluding carboxylic acids is 1. The molecule has 0 aliphatic heterocycles. The Labute approximate surface area is 142 Å². The molecule has 0 fully saturated rings. The molecule has 0 atom stereocenters. The second-order valence-electron chi connectivity index (χ2n) is 5.17. The highest BCUT2D eigenvalue weighted by atomic mass is 35.5. The minimum atomic E-state index is -1.11. The number of aromatic carboxylic acids is 1. The third kappa shape index (κ3) is 3.02. The molecule has 0 spiro atoms. The highest BCUT2D eigenvalue weighted by molar-refractivity contribution is 6.34. The summed E-state index contributed by atoms with van der Waals surface area (Å²) < 4.78 is 0. The van der Waals surface area contributed by atoms with Gasteiger partial charge >= 0.3 is 5.97 Å². The van der Waals surface area contributed by atoms with E-state index in [4.69, 9.17) is 16.7 Å². The molecule has 0 unspecified atom stereocenters. The second kappa shape index (κ2) is 6.22. The topological polar surface area (TPSA) is 86.6 Å². The molecule has 1 amide bonds. The van der Waals surface area contributed by atoms with Gasteiger partial charge in [0.05, 0.1) is 21.8 Å². The number of hydrogen-bond donors (Lipinski definition) is 3. The van der Waals surface area contributed by atoms with Gasteiger partial charge in [0, 0.05) is 0 Å². The van der Waals surface area contributed by atoms with Crippen LogP contribution in [0.15, 0.2) is 54.6 Å². The smallest absolute Gasteiger partial charge is 0.335 e. The number of benzene rings is 3. The van der Waals surface area contributed by atoms with Crippen molar-refractivity contribution in [2.45, 2.75) is 0 Å². The van der Waals surface area contributed by atoms with Gasteiger partial charge in [0.1, 0.15) is 5.75 Å². The maximum Gasteiger partial charge on any atom is 0.335 e. The van der Waals surface area contributed by atoms with Gasteiger partial charge in [-0.25, -0.2) is 4.79 Å².